The smallest absolute Gasteiger partial charge is 0.248 e. The maximum Gasteiger partial charge on any atom is 0.248 e. The normalized spacial score (nSPS) is 10.9. The second kappa shape index (κ2) is 10.1. The van der Waals surface area contributed by atoms with Crippen LogP contribution in [0.4, 0.5) is 11.5 Å². The zero-order chi connectivity index (χ0) is 20.5. The summed E-state index contributed by atoms with van der Waals surface area (Å²) >= 11 is 0. The number of nitrogens with one attached hydrogen (secondary N) is 2. The van der Waals surface area contributed by atoms with Crippen molar-refractivity contribution in [3.05, 3.63) is 90.1 Å². The van der Waals surface area contributed by atoms with Gasteiger partial charge < -0.3 is 15.4 Å². The average molecular weight is 387 g/mol. The molecule has 1 heterocycles. The highest BCUT2D eigenvalue weighted by Gasteiger charge is 2.01. The van der Waals surface area contributed by atoms with E-state index in [1.165, 1.54) is 6.08 Å². The third-order valence-electron chi connectivity index (χ3n) is 4.00. The molecule has 0 radical (unpaired) electrons. The van der Waals surface area contributed by atoms with E-state index in [-0.39, 0.29) is 5.91 Å². The van der Waals surface area contributed by atoms with Crippen LogP contribution in [-0.4, -0.2) is 16.9 Å². The van der Waals surface area contributed by atoms with Crippen LogP contribution in [0.5, 0.6) is 5.75 Å². The first-order chi connectivity index (χ1) is 14.1. The number of anilines is 2. The molecule has 0 aliphatic carbocycles. The first-order valence-electron chi connectivity index (χ1n) is 9.57. The van der Waals surface area contributed by atoms with Gasteiger partial charge in [0.2, 0.25) is 5.91 Å². The third-order valence-corrected chi connectivity index (χ3v) is 4.00. The fraction of sp³-hybridized carbons (Fsp3) is 0.167. The Labute approximate surface area is 171 Å². The van der Waals surface area contributed by atoms with Gasteiger partial charge in [-0.25, -0.2) is 4.98 Å². The molecule has 148 valence electrons. The first kappa shape index (κ1) is 20.1. The van der Waals surface area contributed by atoms with Gasteiger partial charge in [0.05, 0.1) is 11.9 Å². The van der Waals surface area contributed by atoms with Crippen LogP contribution in [0.1, 0.15) is 25.0 Å². The van der Waals surface area contributed by atoms with Gasteiger partial charge in [-0.3, -0.25) is 4.79 Å². The fourth-order valence-corrected chi connectivity index (χ4v) is 2.65. The topological polar surface area (TPSA) is 63.2 Å². The average Bonchev–Trinajstić information content (AvgIpc) is 2.73. The maximum absolute atomic E-state index is 12.2. The molecule has 2 aromatic carbocycles. The molecule has 1 amide bonds. The van der Waals surface area contributed by atoms with Crippen molar-refractivity contribution < 1.29 is 9.53 Å². The van der Waals surface area contributed by atoms with E-state index in [4.69, 9.17) is 4.74 Å². The highest BCUT2D eigenvalue weighted by molar-refractivity contribution is 6.01. The van der Waals surface area contributed by atoms with Gasteiger partial charge in [0, 0.05) is 12.1 Å². The lowest BCUT2D eigenvalue weighted by molar-refractivity contribution is -0.111. The van der Waals surface area contributed by atoms with Gasteiger partial charge >= 0.3 is 0 Å². The number of carbonyl (C=O) groups is 1. The monoisotopic (exact) mass is 387 g/mol. The number of benzene rings is 2. The zero-order valence-electron chi connectivity index (χ0n) is 16.6. The summed E-state index contributed by atoms with van der Waals surface area (Å²) in [5.41, 5.74) is 2.64. The Morgan fingerprint density at radius 2 is 1.90 bits per heavy atom. The Hall–Kier alpha value is -3.60. The van der Waals surface area contributed by atoms with Crippen LogP contribution in [0.3, 0.4) is 0 Å². The Morgan fingerprint density at radius 1 is 1.07 bits per heavy atom. The molecule has 0 aliphatic heterocycles. The van der Waals surface area contributed by atoms with Gasteiger partial charge in [-0.05, 0) is 55.3 Å². The van der Waals surface area contributed by atoms with E-state index < -0.39 is 0 Å². The van der Waals surface area contributed by atoms with Crippen LogP contribution in [0.15, 0.2) is 79.0 Å². The highest BCUT2D eigenvalue weighted by atomic mass is 16.5. The van der Waals surface area contributed by atoms with Crippen molar-refractivity contribution in [3.63, 3.8) is 0 Å². The molecule has 0 aliphatic rings. The molecule has 29 heavy (non-hydrogen) atoms. The minimum absolute atomic E-state index is 0.216. The van der Waals surface area contributed by atoms with Crippen molar-refractivity contribution >= 4 is 23.5 Å². The fourth-order valence-electron chi connectivity index (χ4n) is 2.65. The molecular weight excluding hydrogens is 362 g/mol. The molecule has 3 aromatic rings. The minimum atomic E-state index is -0.216. The van der Waals surface area contributed by atoms with Crippen molar-refractivity contribution in [1.29, 1.82) is 0 Å². The van der Waals surface area contributed by atoms with E-state index in [9.17, 15) is 4.79 Å². The molecule has 2 N–H and O–H groups in total. The molecule has 0 unspecified atom stereocenters. The van der Waals surface area contributed by atoms with Crippen molar-refractivity contribution in [2.75, 3.05) is 10.6 Å². The molecule has 5 heteroatoms. The molecular formula is C24H25N3O2. The highest BCUT2D eigenvalue weighted by Crippen LogP contribution is 2.16. The number of ether oxygens (including phenoxy) is 1. The van der Waals surface area contributed by atoms with Crippen molar-refractivity contribution in [2.45, 2.75) is 26.5 Å². The lowest BCUT2D eigenvalue weighted by Crippen LogP contribution is -2.12. The lowest BCUT2D eigenvalue weighted by atomic mass is 10.2. The third kappa shape index (κ3) is 6.81. The predicted octanol–water partition coefficient (Wildman–Crippen LogP) is 5.13. The molecule has 0 saturated carbocycles. The van der Waals surface area contributed by atoms with E-state index in [0.717, 1.165) is 22.7 Å². The lowest BCUT2D eigenvalue weighted by Gasteiger charge is -2.09. The summed E-state index contributed by atoms with van der Waals surface area (Å²) in [6.07, 6.45) is 4.89. The molecule has 0 fully saturated rings. The number of carbonyl (C=O) groups excluding carboxylic acids is 1. The number of hydrogen-bond donors (Lipinski definition) is 2. The Kier molecular flexibility index (Phi) is 7.00. The van der Waals surface area contributed by atoms with Gasteiger partial charge in [-0.1, -0.05) is 42.5 Å². The number of hydrogen-bond acceptors (Lipinski definition) is 4. The first-order valence-corrected chi connectivity index (χ1v) is 9.57. The quantitative estimate of drug-likeness (QED) is 0.526. The van der Waals surface area contributed by atoms with Crippen LogP contribution in [-0.2, 0) is 11.4 Å². The van der Waals surface area contributed by atoms with Crippen LogP contribution in [0.25, 0.3) is 6.08 Å². The van der Waals surface area contributed by atoms with Crippen LogP contribution in [0, 0.1) is 0 Å². The van der Waals surface area contributed by atoms with E-state index in [1.54, 1.807) is 12.3 Å². The zero-order valence-corrected chi connectivity index (χ0v) is 16.6. The van der Waals surface area contributed by atoms with Crippen molar-refractivity contribution in [3.8, 4) is 5.75 Å². The molecule has 0 bridgehead atoms. The molecule has 5 nitrogen and oxygen atoms in total. The summed E-state index contributed by atoms with van der Waals surface area (Å²) in [4.78, 5) is 16.5. The summed E-state index contributed by atoms with van der Waals surface area (Å²) in [7, 11) is 0. The molecule has 3 rings (SSSR count). The standard InChI is InChI=1S/C24H25N3O2/c1-18(2)26-23-13-12-21(16-25-23)27-24(28)14-11-19-9-6-10-22(15-19)29-17-20-7-4-3-5-8-20/h3-16,18H,17H2,1-2H3,(H,25,26)(H,27,28)/b14-11+. The van der Waals surface area contributed by atoms with E-state index in [1.807, 2.05) is 80.6 Å². The van der Waals surface area contributed by atoms with Gasteiger partial charge in [-0.15, -0.1) is 0 Å². The molecule has 0 saturated heterocycles. The van der Waals surface area contributed by atoms with Gasteiger partial charge in [0.1, 0.15) is 18.2 Å². The minimum Gasteiger partial charge on any atom is -0.489 e. The number of amides is 1. The second-order valence-electron chi connectivity index (χ2n) is 6.90. The number of rotatable bonds is 8. The molecule has 1 aromatic heterocycles. The largest absolute Gasteiger partial charge is 0.489 e. The van der Waals surface area contributed by atoms with Gasteiger partial charge in [0.15, 0.2) is 0 Å². The maximum atomic E-state index is 12.2. The van der Waals surface area contributed by atoms with E-state index in [0.29, 0.717) is 18.3 Å². The van der Waals surface area contributed by atoms with Crippen LogP contribution >= 0.6 is 0 Å². The summed E-state index contributed by atoms with van der Waals surface area (Å²) in [6, 6.07) is 21.6. The second-order valence-corrected chi connectivity index (χ2v) is 6.90. The summed E-state index contributed by atoms with van der Waals surface area (Å²) < 4.78 is 5.83. The Morgan fingerprint density at radius 3 is 2.62 bits per heavy atom. The Balaban J connectivity index is 1.54. The number of nitrogens with zero attached hydrogens (tertiary/aromatic N) is 1. The summed E-state index contributed by atoms with van der Waals surface area (Å²) in [5.74, 6) is 1.32. The summed E-state index contributed by atoms with van der Waals surface area (Å²) in [6.45, 7) is 4.59. The summed E-state index contributed by atoms with van der Waals surface area (Å²) in [5, 5.41) is 6.01. The SMILES string of the molecule is CC(C)Nc1ccc(NC(=O)/C=C/c2cccc(OCc3ccccc3)c2)cn1. The van der Waals surface area contributed by atoms with Gasteiger partial charge in [0.25, 0.3) is 0 Å². The predicted molar refractivity (Wildman–Crippen MR) is 118 cm³/mol. The van der Waals surface area contributed by atoms with Crippen LogP contribution in [0.2, 0.25) is 0 Å². The van der Waals surface area contributed by atoms with Gasteiger partial charge in [-0.2, -0.15) is 0 Å². The van der Waals surface area contributed by atoms with E-state index >= 15 is 0 Å². The number of aromatic nitrogens is 1. The molecule has 0 spiro atoms. The molecule has 0 atom stereocenters. The van der Waals surface area contributed by atoms with Crippen molar-refractivity contribution in [1.82, 2.24) is 4.98 Å². The van der Waals surface area contributed by atoms with Crippen LogP contribution < -0.4 is 15.4 Å². The van der Waals surface area contributed by atoms with Crippen molar-refractivity contribution in [2.24, 2.45) is 0 Å². The Bertz CT molecular complexity index is 951. The van der Waals surface area contributed by atoms with E-state index in [2.05, 4.69) is 15.6 Å². The number of pyridine rings is 1.